The Morgan fingerprint density at radius 1 is 1.30 bits per heavy atom. The molecule has 4 atom stereocenters. The predicted octanol–water partition coefficient (Wildman–Crippen LogP) is 1.66. The lowest BCUT2D eigenvalue weighted by molar-refractivity contribution is 0.134. The number of aliphatic hydroxyl groups is 1. The molecule has 2 aliphatic rings. The van der Waals surface area contributed by atoms with Gasteiger partial charge in [-0.1, -0.05) is 6.92 Å². The van der Waals surface area contributed by atoms with Gasteiger partial charge in [0.2, 0.25) is 0 Å². The number of rotatable bonds is 1. The van der Waals surface area contributed by atoms with Crippen LogP contribution in [0.25, 0.3) is 0 Å². The van der Waals surface area contributed by atoms with Gasteiger partial charge >= 0.3 is 0 Å². The van der Waals surface area contributed by atoms with Crippen molar-refractivity contribution < 1.29 is 5.11 Å². The Labute approximate surface area is 62.4 Å². The van der Waals surface area contributed by atoms with E-state index in [0.29, 0.717) is 12.5 Å². The second kappa shape index (κ2) is 2.23. The third-order valence-corrected chi connectivity index (χ3v) is 3.75. The molecule has 0 radical (unpaired) electrons. The van der Waals surface area contributed by atoms with Crippen LogP contribution in [0.3, 0.4) is 0 Å². The number of aliphatic hydroxyl groups excluding tert-OH is 1. The monoisotopic (exact) mass is 140 g/mol. The average Bonchev–Trinajstić information content (AvgIpc) is 2.46. The van der Waals surface area contributed by atoms with Crippen LogP contribution in [0.5, 0.6) is 0 Å². The highest BCUT2D eigenvalue weighted by atomic mass is 16.3. The summed E-state index contributed by atoms with van der Waals surface area (Å²) in [5.41, 5.74) is 0. The number of fused-ring (bicyclic) bond motifs is 2. The molecular weight excluding hydrogens is 124 g/mol. The van der Waals surface area contributed by atoms with Gasteiger partial charge in [0.05, 0.1) is 0 Å². The molecule has 0 amide bonds. The molecule has 10 heavy (non-hydrogen) atoms. The summed E-state index contributed by atoms with van der Waals surface area (Å²) >= 11 is 0. The first-order valence-corrected chi connectivity index (χ1v) is 4.43. The first kappa shape index (κ1) is 6.66. The summed E-state index contributed by atoms with van der Waals surface area (Å²) in [6.45, 7) is 2.74. The molecule has 2 rings (SSSR count). The fourth-order valence-corrected chi connectivity index (χ4v) is 3.01. The largest absolute Gasteiger partial charge is 0.396 e. The Hall–Kier alpha value is -0.0400. The van der Waals surface area contributed by atoms with Crippen LogP contribution in [0.1, 0.15) is 26.2 Å². The van der Waals surface area contributed by atoms with E-state index in [9.17, 15) is 0 Å². The minimum Gasteiger partial charge on any atom is -0.396 e. The van der Waals surface area contributed by atoms with Gasteiger partial charge in [0.25, 0.3) is 0 Å². The molecule has 2 aliphatic carbocycles. The van der Waals surface area contributed by atoms with Crippen LogP contribution in [0.15, 0.2) is 0 Å². The maximum atomic E-state index is 9.06. The van der Waals surface area contributed by atoms with E-state index >= 15 is 0 Å². The van der Waals surface area contributed by atoms with E-state index in [0.717, 1.165) is 17.8 Å². The minimum atomic E-state index is 0.433. The summed E-state index contributed by atoms with van der Waals surface area (Å²) in [6.07, 6.45) is 4.23. The third kappa shape index (κ3) is 0.731. The van der Waals surface area contributed by atoms with Gasteiger partial charge in [-0.3, -0.25) is 0 Å². The van der Waals surface area contributed by atoms with Crippen LogP contribution >= 0.6 is 0 Å². The Balaban J connectivity index is 2.10. The lowest BCUT2D eigenvalue weighted by Gasteiger charge is -2.25. The highest BCUT2D eigenvalue weighted by Gasteiger charge is 2.44. The third-order valence-electron chi connectivity index (χ3n) is 3.75. The van der Waals surface area contributed by atoms with E-state index in [2.05, 4.69) is 6.92 Å². The second-order valence-electron chi connectivity index (χ2n) is 4.04. The van der Waals surface area contributed by atoms with Crippen molar-refractivity contribution in [2.75, 3.05) is 6.61 Å². The molecule has 0 aromatic heterocycles. The zero-order chi connectivity index (χ0) is 7.14. The van der Waals surface area contributed by atoms with Crippen molar-refractivity contribution in [3.05, 3.63) is 0 Å². The van der Waals surface area contributed by atoms with Crippen molar-refractivity contribution in [1.82, 2.24) is 0 Å². The molecule has 2 bridgehead atoms. The molecule has 1 nitrogen and oxygen atoms in total. The van der Waals surface area contributed by atoms with Crippen LogP contribution in [0.2, 0.25) is 0 Å². The van der Waals surface area contributed by atoms with E-state index < -0.39 is 0 Å². The van der Waals surface area contributed by atoms with Crippen molar-refractivity contribution >= 4 is 0 Å². The molecule has 0 heterocycles. The standard InChI is InChI=1S/C9H16O/c1-6-7-2-3-8(4-7)9(6)5-10/h6-10H,2-5H2,1H3/t6-,7-,8-,9-/m1/s1. The zero-order valence-corrected chi connectivity index (χ0v) is 6.59. The van der Waals surface area contributed by atoms with Gasteiger partial charge in [-0.25, -0.2) is 0 Å². The van der Waals surface area contributed by atoms with Crippen molar-refractivity contribution in [3.63, 3.8) is 0 Å². The minimum absolute atomic E-state index is 0.433. The summed E-state index contributed by atoms with van der Waals surface area (Å²) in [5.74, 6) is 3.30. The molecule has 58 valence electrons. The molecule has 1 heteroatoms. The van der Waals surface area contributed by atoms with Crippen LogP contribution in [-0.4, -0.2) is 11.7 Å². The lowest BCUT2D eigenvalue weighted by atomic mass is 9.81. The van der Waals surface area contributed by atoms with Gasteiger partial charge in [0.1, 0.15) is 0 Å². The van der Waals surface area contributed by atoms with Crippen molar-refractivity contribution in [2.45, 2.75) is 26.2 Å². The maximum absolute atomic E-state index is 9.06. The Bertz CT molecular complexity index is 131. The quantitative estimate of drug-likeness (QED) is 0.587. The zero-order valence-electron chi connectivity index (χ0n) is 6.59. The molecule has 0 spiro atoms. The number of hydrogen-bond donors (Lipinski definition) is 1. The summed E-state index contributed by atoms with van der Waals surface area (Å²) in [7, 11) is 0. The second-order valence-corrected chi connectivity index (χ2v) is 4.04. The first-order valence-electron chi connectivity index (χ1n) is 4.43. The maximum Gasteiger partial charge on any atom is 0.0464 e. The van der Waals surface area contributed by atoms with E-state index in [-0.39, 0.29) is 0 Å². The van der Waals surface area contributed by atoms with Crippen molar-refractivity contribution in [1.29, 1.82) is 0 Å². The predicted molar refractivity (Wildman–Crippen MR) is 40.6 cm³/mol. The molecule has 0 unspecified atom stereocenters. The highest BCUT2D eigenvalue weighted by Crippen LogP contribution is 2.51. The van der Waals surface area contributed by atoms with E-state index in [1.165, 1.54) is 19.3 Å². The van der Waals surface area contributed by atoms with Gasteiger partial charge in [-0.2, -0.15) is 0 Å². The molecule has 0 aromatic rings. The molecule has 0 aromatic carbocycles. The van der Waals surface area contributed by atoms with E-state index in [1.54, 1.807) is 0 Å². The SMILES string of the molecule is C[C@@H]1[C@@H]2CC[C@H](C2)[C@@H]1CO. The average molecular weight is 140 g/mol. The Morgan fingerprint density at radius 2 is 2.00 bits per heavy atom. The van der Waals surface area contributed by atoms with Gasteiger partial charge in [-0.15, -0.1) is 0 Å². The Kier molecular flexibility index (Phi) is 1.48. The first-order chi connectivity index (χ1) is 4.83. The number of hydrogen-bond acceptors (Lipinski definition) is 1. The normalized spacial score (nSPS) is 52.2. The summed E-state index contributed by atoms with van der Waals surface area (Å²) in [5, 5.41) is 9.06. The molecule has 2 saturated carbocycles. The fraction of sp³-hybridized carbons (Fsp3) is 1.00. The van der Waals surface area contributed by atoms with Crippen LogP contribution in [0.4, 0.5) is 0 Å². The van der Waals surface area contributed by atoms with E-state index in [1.807, 2.05) is 0 Å². The van der Waals surface area contributed by atoms with Crippen LogP contribution < -0.4 is 0 Å². The van der Waals surface area contributed by atoms with Crippen molar-refractivity contribution in [2.24, 2.45) is 23.7 Å². The van der Waals surface area contributed by atoms with E-state index in [4.69, 9.17) is 5.11 Å². The smallest absolute Gasteiger partial charge is 0.0464 e. The van der Waals surface area contributed by atoms with Crippen molar-refractivity contribution in [3.8, 4) is 0 Å². The highest BCUT2D eigenvalue weighted by molar-refractivity contribution is 4.93. The van der Waals surface area contributed by atoms with Crippen LogP contribution in [0, 0.1) is 23.7 Å². The molecule has 0 aliphatic heterocycles. The lowest BCUT2D eigenvalue weighted by Crippen LogP contribution is -2.22. The summed E-state index contributed by atoms with van der Waals surface area (Å²) in [4.78, 5) is 0. The molecule has 1 N–H and O–H groups in total. The topological polar surface area (TPSA) is 20.2 Å². The fourth-order valence-electron chi connectivity index (χ4n) is 3.01. The van der Waals surface area contributed by atoms with Gasteiger partial charge < -0.3 is 5.11 Å². The molecule has 0 saturated heterocycles. The Morgan fingerprint density at radius 3 is 2.40 bits per heavy atom. The van der Waals surface area contributed by atoms with Crippen LogP contribution in [-0.2, 0) is 0 Å². The van der Waals surface area contributed by atoms with Gasteiger partial charge in [0.15, 0.2) is 0 Å². The van der Waals surface area contributed by atoms with Gasteiger partial charge in [0, 0.05) is 6.61 Å². The summed E-state index contributed by atoms with van der Waals surface area (Å²) < 4.78 is 0. The summed E-state index contributed by atoms with van der Waals surface area (Å²) in [6, 6.07) is 0. The molecule has 2 fully saturated rings. The van der Waals surface area contributed by atoms with Gasteiger partial charge in [-0.05, 0) is 42.9 Å². The molecular formula is C9H16O.